The summed E-state index contributed by atoms with van der Waals surface area (Å²) in [6.07, 6.45) is 1.23. The Labute approximate surface area is 228 Å². The Hall–Kier alpha value is -2.92. The Morgan fingerprint density at radius 1 is 1.08 bits per heavy atom. The lowest BCUT2D eigenvalue weighted by molar-refractivity contribution is -0.155. The number of aliphatic carboxylic acids is 1. The van der Waals surface area contributed by atoms with Crippen LogP contribution < -0.4 is 20.1 Å². The number of nitrogens with one attached hydrogen (secondary N) is 2. The summed E-state index contributed by atoms with van der Waals surface area (Å²) in [7, 11) is 2.89. The molecule has 0 aromatic heterocycles. The third-order valence-electron chi connectivity index (χ3n) is 7.74. The molecule has 0 spiro atoms. The number of carbonyl (C=O) groups excluding carboxylic acids is 2. The fourth-order valence-electron chi connectivity index (χ4n) is 5.22. The van der Waals surface area contributed by atoms with Crippen molar-refractivity contribution in [3.63, 3.8) is 0 Å². The van der Waals surface area contributed by atoms with Crippen molar-refractivity contribution in [2.24, 2.45) is 16.7 Å². The van der Waals surface area contributed by atoms with Gasteiger partial charge in [-0.2, -0.15) is 0 Å². The largest absolute Gasteiger partial charge is 0.496 e. The maximum atomic E-state index is 14.9. The van der Waals surface area contributed by atoms with Gasteiger partial charge >= 0.3 is 5.97 Å². The van der Waals surface area contributed by atoms with Crippen LogP contribution in [0, 0.1) is 22.6 Å². The minimum atomic E-state index is -1.22. The molecule has 3 rings (SSSR count). The first-order valence-electron chi connectivity index (χ1n) is 13.3. The van der Waals surface area contributed by atoms with Gasteiger partial charge < -0.3 is 35.1 Å². The second-order valence-electron chi connectivity index (χ2n) is 11.8. The lowest BCUT2D eigenvalue weighted by Crippen LogP contribution is -2.45. The quantitative estimate of drug-likeness (QED) is 0.347. The van der Waals surface area contributed by atoms with Gasteiger partial charge in [-0.15, -0.1) is 0 Å². The summed E-state index contributed by atoms with van der Waals surface area (Å²) >= 11 is 0. The number of hydrogen-bond acceptors (Lipinski definition) is 7. The molecule has 3 atom stereocenters. The predicted molar refractivity (Wildman–Crippen MR) is 140 cm³/mol. The molecular formula is C28H41FN2O8. The van der Waals surface area contributed by atoms with E-state index in [-0.39, 0.29) is 47.3 Å². The molecule has 10 nitrogen and oxygen atoms in total. The molecule has 0 heterocycles. The number of amides is 2. The number of carboxylic acid groups (broad SMARTS) is 1. The number of carbonyl (C=O) groups is 3. The molecule has 1 aromatic carbocycles. The number of halogens is 1. The number of carboxylic acids is 1. The highest BCUT2D eigenvalue weighted by Gasteiger charge is 2.43. The molecule has 39 heavy (non-hydrogen) atoms. The smallest absolute Gasteiger partial charge is 0.311 e. The summed E-state index contributed by atoms with van der Waals surface area (Å²) < 4.78 is 31.5. The van der Waals surface area contributed by atoms with Gasteiger partial charge in [-0.25, -0.2) is 4.39 Å². The molecule has 4 N–H and O–H groups in total. The van der Waals surface area contributed by atoms with E-state index < -0.39 is 47.8 Å². The highest BCUT2D eigenvalue weighted by Crippen LogP contribution is 2.39. The number of rotatable bonds is 10. The van der Waals surface area contributed by atoms with Crippen LogP contribution in [-0.2, 0) is 14.3 Å². The molecule has 2 amide bonds. The molecule has 0 bridgehead atoms. The monoisotopic (exact) mass is 552 g/mol. The van der Waals surface area contributed by atoms with Crippen LogP contribution in [0.1, 0.15) is 69.7 Å². The van der Waals surface area contributed by atoms with E-state index in [9.17, 15) is 29.0 Å². The lowest BCUT2D eigenvalue weighted by Gasteiger charge is -2.35. The summed E-state index contributed by atoms with van der Waals surface area (Å²) in [5, 5.41) is 24.9. The SMILES string of the molecule is COc1cc(F)c(OC2CCC(CO)(C(=O)O)CC2)cc1C(=O)NC1CC(OC)CC1C(=O)NCC(C)(C)C. The van der Waals surface area contributed by atoms with E-state index in [1.54, 1.807) is 7.11 Å². The average Bonchev–Trinajstić information content (AvgIpc) is 3.30. The minimum Gasteiger partial charge on any atom is -0.496 e. The van der Waals surface area contributed by atoms with E-state index >= 15 is 0 Å². The lowest BCUT2D eigenvalue weighted by atomic mass is 9.74. The second-order valence-corrected chi connectivity index (χ2v) is 11.8. The molecule has 2 saturated carbocycles. The van der Waals surface area contributed by atoms with Gasteiger partial charge in [-0.3, -0.25) is 14.4 Å². The van der Waals surface area contributed by atoms with Crippen LogP contribution in [0.25, 0.3) is 0 Å². The molecule has 2 fully saturated rings. The van der Waals surface area contributed by atoms with Crippen molar-refractivity contribution in [2.45, 2.75) is 77.5 Å². The van der Waals surface area contributed by atoms with Crippen molar-refractivity contribution < 1.29 is 43.2 Å². The van der Waals surface area contributed by atoms with E-state index in [1.807, 2.05) is 20.8 Å². The van der Waals surface area contributed by atoms with E-state index in [0.717, 1.165) is 6.07 Å². The molecule has 0 aliphatic heterocycles. The molecular weight excluding hydrogens is 511 g/mol. The van der Waals surface area contributed by atoms with Crippen LogP contribution >= 0.6 is 0 Å². The summed E-state index contributed by atoms with van der Waals surface area (Å²) in [5.41, 5.74) is -1.27. The van der Waals surface area contributed by atoms with Crippen LogP contribution in [0.15, 0.2) is 12.1 Å². The minimum absolute atomic E-state index is 0.0150. The van der Waals surface area contributed by atoms with Gasteiger partial charge in [0.25, 0.3) is 5.91 Å². The van der Waals surface area contributed by atoms with Gasteiger partial charge in [0.1, 0.15) is 5.75 Å². The van der Waals surface area contributed by atoms with Crippen LogP contribution in [-0.4, -0.2) is 73.6 Å². The van der Waals surface area contributed by atoms with Crippen molar-refractivity contribution >= 4 is 17.8 Å². The molecule has 2 aliphatic rings. The number of ether oxygens (including phenoxy) is 3. The number of benzene rings is 1. The van der Waals surface area contributed by atoms with Crippen molar-refractivity contribution in [1.82, 2.24) is 10.6 Å². The van der Waals surface area contributed by atoms with Crippen LogP contribution in [0.4, 0.5) is 4.39 Å². The first-order chi connectivity index (χ1) is 18.3. The average molecular weight is 553 g/mol. The molecule has 3 unspecified atom stereocenters. The topological polar surface area (TPSA) is 143 Å². The summed E-state index contributed by atoms with van der Waals surface area (Å²) in [4.78, 5) is 37.9. The van der Waals surface area contributed by atoms with E-state index in [1.165, 1.54) is 13.2 Å². The normalized spacial score (nSPS) is 27.1. The first kappa shape index (κ1) is 30.6. The van der Waals surface area contributed by atoms with Crippen molar-refractivity contribution in [2.75, 3.05) is 27.4 Å². The number of methoxy groups -OCH3 is 2. The van der Waals surface area contributed by atoms with Crippen molar-refractivity contribution in [3.05, 3.63) is 23.5 Å². The van der Waals surface area contributed by atoms with Gasteiger partial charge in [-0.1, -0.05) is 20.8 Å². The molecule has 0 radical (unpaired) electrons. The van der Waals surface area contributed by atoms with Crippen molar-refractivity contribution in [3.8, 4) is 11.5 Å². The zero-order chi connectivity index (χ0) is 29.0. The van der Waals surface area contributed by atoms with Gasteiger partial charge in [0, 0.05) is 25.8 Å². The molecule has 0 saturated heterocycles. The van der Waals surface area contributed by atoms with Crippen LogP contribution in [0.3, 0.4) is 0 Å². The first-order valence-corrected chi connectivity index (χ1v) is 13.3. The molecule has 11 heteroatoms. The maximum absolute atomic E-state index is 14.9. The van der Waals surface area contributed by atoms with Gasteiger partial charge in [0.15, 0.2) is 11.6 Å². The Kier molecular flexibility index (Phi) is 9.82. The van der Waals surface area contributed by atoms with Crippen molar-refractivity contribution in [1.29, 1.82) is 0 Å². The van der Waals surface area contributed by atoms with Gasteiger partial charge in [0.2, 0.25) is 5.91 Å². The Balaban J connectivity index is 1.75. The Morgan fingerprint density at radius 3 is 2.28 bits per heavy atom. The number of aliphatic hydroxyl groups excluding tert-OH is 1. The second kappa shape index (κ2) is 12.5. The highest BCUT2D eigenvalue weighted by atomic mass is 19.1. The maximum Gasteiger partial charge on any atom is 0.311 e. The third kappa shape index (κ3) is 7.39. The number of hydrogen-bond donors (Lipinski definition) is 4. The summed E-state index contributed by atoms with van der Waals surface area (Å²) in [6.45, 7) is 6.06. The molecule has 218 valence electrons. The summed E-state index contributed by atoms with van der Waals surface area (Å²) in [5.74, 6) is -3.12. The number of aliphatic hydroxyl groups is 1. The van der Waals surface area contributed by atoms with Gasteiger partial charge in [-0.05, 0) is 50.0 Å². The zero-order valence-corrected chi connectivity index (χ0v) is 23.3. The van der Waals surface area contributed by atoms with E-state index in [4.69, 9.17) is 14.2 Å². The standard InChI is InChI=1S/C28H41FN2O8/c1-27(2,3)14-30-24(33)18-10-17(37-4)11-21(18)31-25(34)19-12-23(20(29)13-22(19)38-5)39-16-6-8-28(15-32,9-7-16)26(35)36/h12-13,16-18,21,32H,6-11,14-15H2,1-5H3,(H,30,33)(H,31,34)(H,35,36). The summed E-state index contributed by atoms with van der Waals surface area (Å²) in [6, 6.07) is 1.84. The Bertz CT molecular complexity index is 1050. The van der Waals surface area contributed by atoms with E-state index in [2.05, 4.69) is 10.6 Å². The fourth-order valence-corrected chi connectivity index (χ4v) is 5.22. The zero-order valence-electron chi connectivity index (χ0n) is 23.3. The highest BCUT2D eigenvalue weighted by molar-refractivity contribution is 5.98. The molecule has 2 aliphatic carbocycles. The molecule has 1 aromatic rings. The predicted octanol–water partition coefficient (Wildman–Crippen LogP) is 2.90. The van der Waals surface area contributed by atoms with Crippen LogP contribution in [0.2, 0.25) is 0 Å². The Morgan fingerprint density at radius 2 is 1.74 bits per heavy atom. The van der Waals surface area contributed by atoms with Crippen LogP contribution in [0.5, 0.6) is 11.5 Å². The third-order valence-corrected chi connectivity index (χ3v) is 7.74. The fraction of sp³-hybridized carbons (Fsp3) is 0.679. The van der Waals surface area contributed by atoms with E-state index in [0.29, 0.717) is 32.2 Å². The van der Waals surface area contributed by atoms with Gasteiger partial charge in [0.05, 0.1) is 42.8 Å².